The molecule has 13 heteroatoms. The number of primary amides is 1. The molecule has 2 atom stereocenters. The molecule has 1 aliphatic heterocycles. The number of aliphatic hydroxyl groups is 1. The number of nitrogens with zero attached hydrogens (tertiary/aromatic N) is 4. The Balaban J connectivity index is 1.61. The van der Waals surface area contributed by atoms with Gasteiger partial charge in [0.05, 0.1) is 25.1 Å². The van der Waals surface area contributed by atoms with Crippen molar-refractivity contribution in [3.63, 3.8) is 0 Å². The van der Waals surface area contributed by atoms with Crippen molar-refractivity contribution in [2.24, 2.45) is 17.6 Å². The quantitative estimate of drug-likeness (QED) is 0.440. The van der Waals surface area contributed by atoms with Gasteiger partial charge in [-0.3, -0.25) is 9.69 Å². The van der Waals surface area contributed by atoms with Crippen molar-refractivity contribution in [2.45, 2.75) is 57.0 Å². The average molecular weight is 509 g/mol. The van der Waals surface area contributed by atoms with Crippen LogP contribution in [0.2, 0.25) is 0 Å². The number of rotatable bonds is 9. The van der Waals surface area contributed by atoms with E-state index in [2.05, 4.69) is 15.3 Å². The number of nitrogens with one attached hydrogen (secondary N) is 1. The molecule has 0 aromatic carbocycles. The molecule has 8 nitrogen and oxygen atoms in total. The fourth-order valence-corrected chi connectivity index (χ4v) is 4.88. The molecule has 35 heavy (non-hydrogen) atoms. The molecule has 4 N–H and O–H groups in total. The number of hydrogen-bond acceptors (Lipinski definition) is 7. The third-order valence-corrected chi connectivity index (χ3v) is 6.99. The molecule has 2 aliphatic rings. The first-order chi connectivity index (χ1) is 16.4. The number of piperidine rings is 1. The van der Waals surface area contributed by atoms with Gasteiger partial charge in [0.2, 0.25) is 11.7 Å². The highest BCUT2D eigenvalue weighted by Gasteiger charge is 2.46. The van der Waals surface area contributed by atoms with E-state index in [-0.39, 0.29) is 76.0 Å². The number of aromatic nitrogens is 2. The van der Waals surface area contributed by atoms with Gasteiger partial charge in [0.1, 0.15) is 12.0 Å². The number of alkyl halides is 4. The van der Waals surface area contributed by atoms with Crippen molar-refractivity contribution >= 4 is 17.5 Å². The highest BCUT2D eigenvalue weighted by Crippen LogP contribution is 2.43. The number of likely N-dealkylation sites (tertiary alicyclic amines) is 1. The summed E-state index contributed by atoms with van der Waals surface area (Å²) in [4.78, 5) is 22.1. The summed E-state index contributed by atoms with van der Waals surface area (Å²) in [5.41, 5.74) is 3.32. The van der Waals surface area contributed by atoms with Crippen molar-refractivity contribution < 1.29 is 31.9 Å². The topological polar surface area (TPSA) is 108 Å². The molecule has 1 aromatic heterocycles. The van der Waals surface area contributed by atoms with E-state index in [9.17, 15) is 23.1 Å². The maximum absolute atomic E-state index is 15.4. The van der Waals surface area contributed by atoms with E-state index in [0.717, 1.165) is 6.33 Å². The predicted molar refractivity (Wildman–Crippen MR) is 120 cm³/mol. The van der Waals surface area contributed by atoms with Crippen molar-refractivity contribution in [3.8, 4) is 0 Å². The summed E-state index contributed by atoms with van der Waals surface area (Å²) >= 11 is 0. The first kappa shape index (κ1) is 27.3. The normalized spacial score (nSPS) is 28.0. The lowest BCUT2D eigenvalue weighted by molar-refractivity contribution is -0.187. The molecule has 2 fully saturated rings. The van der Waals surface area contributed by atoms with Crippen molar-refractivity contribution in [2.75, 3.05) is 49.5 Å². The number of anilines is 2. The fraction of sp³-hybridized carbons (Fsp3) is 0.773. The van der Waals surface area contributed by atoms with Gasteiger partial charge in [-0.1, -0.05) is 0 Å². The number of β-amino-alcohol motifs (C(OH)–C–C–N with tert-alkyl or cyclic N) is 1. The zero-order valence-corrected chi connectivity index (χ0v) is 19.7. The van der Waals surface area contributed by atoms with Crippen molar-refractivity contribution in [1.82, 2.24) is 14.9 Å². The summed E-state index contributed by atoms with van der Waals surface area (Å²) in [6.07, 6.45) is -4.47. The Morgan fingerprint density at radius 2 is 2.00 bits per heavy atom. The van der Waals surface area contributed by atoms with Gasteiger partial charge >= 0.3 is 6.18 Å². The van der Waals surface area contributed by atoms with Crippen LogP contribution >= 0.6 is 0 Å². The predicted octanol–water partition coefficient (Wildman–Crippen LogP) is 2.48. The molecule has 1 aliphatic carbocycles. The molecule has 198 valence electrons. The van der Waals surface area contributed by atoms with Gasteiger partial charge in [0.25, 0.3) is 0 Å². The first-order valence-electron chi connectivity index (χ1n) is 11.9. The van der Waals surface area contributed by atoms with Gasteiger partial charge < -0.3 is 21.1 Å². The second-order valence-corrected chi connectivity index (χ2v) is 9.54. The molecule has 0 spiro atoms. The average Bonchev–Trinajstić information content (AvgIpc) is 2.77. The van der Waals surface area contributed by atoms with Crippen molar-refractivity contribution in [3.05, 3.63) is 12.1 Å². The molecular weight excluding hydrogens is 475 g/mol. The largest absolute Gasteiger partial charge is 0.391 e. The Bertz CT molecular complexity index is 865. The Labute approximate surface area is 201 Å². The molecule has 3 rings (SSSR count). The third-order valence-electron chi connectivity index (χ3n) is 6.99. The minimum absolute atomic E-state index is 0.0564. The monoisotopic (exact) mass is 508 g/mol. The number of aliphatic hydroxyl groups excluding tert-OH is 1. The maximum Gasteiger partial charge on any atom is 0.391 e. The highest BCUT2D eigenvalue weighted by atomic mass is 19.4. The summed E-state index contributed by atoms with van der Waals surface area (Å²) in [5, 5.41) is 13.3. The summed E-state index contributed by atoms with van der Waals surface area (Å²) in [6, 6.07) is 0. The summed E-state index contributed by atoms with van der Waals surface area (Å²) in [5.74, 6) is -3.22. The van der Waals surface area contributed by atoms with E-state index in [4.69, 9.17) is 5.73 Å². The standard InChI is InChI=1S/C22H33F5N6O2/c1-2-33(12-21(24)6-3-15(4-7-21)22(25,26)27)20-18(23)19(30-13-31-20)29-9-14-5-8-32(10-16(14)34)11-17(28)35/h13-16,34H,2-12H2,1H3,(H2,28,35)(H,29,30,31)/t14-,15?,16+,21?/m0/s1. The first-order valence-corrected chi connectivity index (χ1v) is 11.9. The van der Waals surface area contributed by atoms with Crippen LogP contribution in [-0.4, -0.2) is 83.1 Å². The Hall–Kier alpha value is -2.28. The molecular formula is C22H33F5N6O2. The SMILES string of the molecule is CCN(CC1(F)CCC(C(F)(F)F)CC1)c1ncnc(NC[C@@H]2CCN(CC(N)=O)C[C@H]2O)c1F. The lowest BCUT2D eigenvalue weighted by Crippen LogP contribution is -2.48. The van der Waals surface area contributed by atoms with E-state index in [1.54, 1.807) is 11.8 Å². The van der Waals surface area contributed by atoms with E-state index in [0.29, 0.717) is 13.0 Å². The van der Waals surface area contributed by atoms with Crippen LogP contribution < -0.4 is 16.0 Å². The van der Waals surface area contributed by atoms with Crippen LogP contribution in [0.25, 0.3) is 0 Å². The van der Waals surface area contributed by atoms with Crippen LogP contribution in [0.3, 0.4) is 0 Å². The van der Waals surface area contributed by atoms with Crippen LogP contribution in [0.5, 0.6) is 0 Å². The van der Waals surface area contributed by atoms with E-state index < -0.39 is 35.6 Å². The Morgan fingerprint density at radius 3 is 2.57 bits per heavy atom. The minimum Gasteiger partial charge on any atom is -0.391 e. The van der Waals surface area contributed by atoms with E-state index in [1.807, 2.05) is 0 Å². The van der Waals surface area contributed by atoms with Gasteiger partial charge in [-0.25, -0.2) is 14.4 Å². The smallest absolute Gasteiger partial charge is 0.391 e. The van der Waals surface area contributed by atoms with Crippen LogP contribution in [-0.2, 0) is 4.79 Å². The van der Waals surface area contributed by atoms with Gasteiger partial charge in [0, 0.05) is 25.6 Å². The number of carbonyl (C=O) groups excluding carboxylic acids is 1. The molecule has 2 heterocycles. The second kappa shape index (κ2) is 11.2. The van der Waals surface area contributed by atoms with Gasteiger partial charge in [-0.15, -0.1) is 0 Å². The molecule has 0 unspecified atom stereocenters. The number of amides is 1. The zero-order valence-electron chi connectivity index (χ0n) is 19.7. The van der Waals surface area contributed by atoms with Gasteiger partial charge in [-0.2, -0.15) is 17.6 Å². The second-order valence-electron chi connectivity index (χ2n) is 9.54. The van der Waals surface area contributed by atoms with Crippen LogP contribution in [0, 0.1) is 17.7 Å². The maximum atomic E-state index is 15.4. The number of halogens is 5. The Kier molecular flexibility index (Phi) is 8.73. The zero-order chi connectivity index (χ0) is 25.8. The van der Waals surface area contributed by atoms with Gasteiger partial charge in [-0.05, 0) is 45.6 Å². The molecule has 1 amide bonds. The molecule has 1 saturated carbocycles. The lowest BCUT2D eigenvalue weighted by Gasteiger charge is -2.38. The highest BCUT2D eigenvalue weighted by molar-refractivity contribution is 5.75. The van der Waals surface area contributed by atoms with Crippen LogP contribution in [0.4, 0.5) is 33.6 Å². The molecule has 0 radical (unpaired) electrons. The number of carbonyl (C=O) groups is 1. The van der Waals surface area contributed by atoms with E-state index >= 15 is 8.78 Å². The fourth-order valence-electron chi connectivity index (χ4n) is 4.88. The molecule has 1 aromatic rings. The summed E-state index contributed by atoms with van der Waals surface area (Å²) < 4.78 is 69.4. The third kappa shape index (κ3) is 7.12. The van der Waals surface area contributed by atoms with E-state index in [1.165, 1.54) is 4.90 Å². The Morgan fingerprint density at radius 1 is 1.31 bits per heavy atom. The minimum atomic E-state index is -4.34. The number of hydrogen-bond donors (Lipinski definition) is 3. The summed E-state index contributed by atoms with van der Waals surface area (Å²) in [6.45, 7) is 2.73. The molecule has 0 bridgehead atoms. The van der Waals surface area contributed by atoms with Crippen LogP contribution in [0.15, 0.2) is 6.33 Å². The van der Waals surface area contributed by atoms with Gasteiger partial charge in [0.15, 0.2) is 11.6 Å². The van der Waals surface area contributed by atoms with Crippen molar-refractivity contribution in [1.29, 1.82) is 0 Å². The summed E-state index contributed by atoms with van der Waals surface area (Å²) in [7, 11) is 0. The van der Waals surface area contributed by atoms with Crippen LogP contribution in [0.1, 0.15) is 39.0 Å². The molecule has 1 saturated heterocycles. The lowest BCUT2D eigenvalue weighted by atomic mass is 9.79. The number of nitrogens with two attached hydrogens (primary N) is 1.